The largest absolute Gasteiger partial charge is 0.493 e. The summed E-state index contributed by atoms with van der Waals surface area (Å²) < 4.78 is 5.81. The lowest BCUT2D eigenvalue weighted by Crippen LogP contribution is -2.51. The molecular weight excluding hydrogens is 312 g/mol. The van der Waals surface area contributed by atoms with E-state index in [1.165, 1.54) is 11.1 Å². The van der Waals surface area contributed by atoms with Gasteiger partial charge in [0.05, 0.1) is 18.6 Å². The van der Waals surface area contributed by atoms with Crippen LogP contribution in [0, 0.1) is 20.8 Å². The SMILES string of the molecule is Cc1cc(C)c(C)c(OCCC(=O)NC2(CN)CCCC2)c1.Cl. The molecule has 1 aromatic rings. The fraction of sp³-hybridized carbons (Fsp3) is 0.611. The van der Waals surface area contributed by atoms with Crippen molar-refractivity contribution >= 4 is 18.3 Å². The van der Waals surface area contributed by atoms with E-state index in [2.05, 4.69) is 25.2 Å². The van der Waals surface area contributed by atoms with Crippen LogP contribution < -0.4 is 15.8 Å². The second-order valence-corrected chi connectivity index (χ2v) is 6.54. The van der Waals surface area contributed by atoms with Gasteiger partial charge in [-0.05, 0) is 56.4 Å². The van der Waals surface area contributed by atoms with Crippen LogP contribution in [0.25, 0.3) is 0 Å². The monoisotopic (exact) mass is 340 g/mol. The average molecular weight is 341 g/mol. The minimum atomic E-state index is -0.174. The smallest absolute Gasteiger partial charge is 0.223 e. The maximum absolute atomic E-state index is 12.1. The molecule has 0 heterocycles. The molecule has 1 saturated carbocycles. The van der Waals surface area contributed by atoms with Crippen molar-refractivity contribution in [2.24, 2.45) is 5.73 Å². The summed E-state index contributed by atoms with van der Waals surface area (Å²) in [6, 6.07) is 4.17. The van der Waals surface area contributed by atoms with Gasteiger partial charge in [0.25, 0.3) is 0 Å². The molecule has 23 heavy (non-hydrogen) atoms. The van der Waals surface area contributed by atoms with Crippen molar-refractivity contribution in [3.8, 4) is 5.75 Å². The summed E-state index contributed by atoms with van der Waals surface area (Å²) in [5.41, 5.74) is 9.20. The maximum atomic E-state index is 12.1. The third-order valence-corrected chi connectivity index (χ3v) is 4.71. The highest BCUT2D eigenvalue weighted by atomic mass is 35.5. The normalized spacial score (nSPS) is 15.8. The molecule has 0 spiro atoms. The zero-order chi connectivity index (χ0) is 16.2. The van der Waals surface area contributed by atoms with Crippen molar-refractivity contribution in [3.63, 3.8) is 0 Å². The Hall–Kier alpha value is -1.26. The van der Waals surface area contributed by atoms with Crippen LogP contribution in [0.2, 0.25) is 0 Å². The summed E-state index contributed by atoms with van der Waals surface area (Å²) >= 11 is 0. The third-order valence-electron chi connectivity index (χ3n) is 4.71. The van der Waals surface area contributed by atoms with Crippen LogP contribution in [-0.2, 0) is 4.79 Å². The van der Waals surface area contributed by atoms with Gasteiger partial charge in [-0.15, -0.1) is 12.4 Å². The fourth-order valence-corrected chi connectivity index (χ4v) is 3.19. The minimum absolute atomic E-state index is 0. The van der Waals surface area contributed by atoms with Crippen LogP contribution in [0.4, 0.5) is 0 Å². The van der Waals surface area contributed by atoms with Crippen LogP contribution >= 0.6 is 12.4 Å². The number of ether oxygens (including phenoxy) is 1. The molecule has 4 nitrogen and oxygen atoms in total. The van der Waals surface area contributed by atoms with E-state index in [-0.39, 0.29) is 23.9 Å². The molecule has 0 aromatic heterocycles. The van der Waals surface area contributed by atoms with E-state index in [1.807, 2.05) is 13.0 Å². The highest BCUT2D eigenvalue weighted by Crippen LogP contribution is 2.28. The summed E-state index contributed by atoms with van der Waals surface area (Å²) in [5, 5.41) is 3.12. The van der Waals surface area contributed by atoms with E-state index in [4.69, 9.17) is 10.5 Å². The van der Waals surface area contributed by atoms with Crippen molar-refractivity contribution in [2.45, 2.75) is 58.4 Å². The van der Waals surface area contributed by atoms with Gasteiger partial charge in [0.15, 0.2) is 0 Å². The molecule has 130 valence electrons. The van der Waals surface area contributed by atoms with Gasteiger partial charge in [0.2, 0.25) is 5.91 Å². The maximum Gasteiger partial charge on any atom is 0.223 e. The molecule has 0 bridgehead atoms. The molecule has 0 saturated heterocycles. The Bertz CT molecular complexity index is 540. The first-order valence-electron chi connectivity index (χ1n) is 8.17. The quantitative estimate of drug-likeness (QED) is 0.835. The van der Waals surface area contributed by atoms with Crippen molar-refractivity contribution in [1.29, 1.82) is 0 Å². The first-order valence-corrected chi connectivity index (χ1v) is 8.17. The Kier molecular flexibility index (Phi) is 7.36. The van der Waals surface area contributed by atoms with Crippen LogP contribution in [0.5, 0.6) is 5.75 Å². The van der Waals surface area contributed by atoms with Gasteiger partial charge in [-0.25, -0.2) is 0 Å². The van der Waals surface area contributed by atoms with Gasteiger partial charge in [-0.3, -0.25) is 4.79 Å². The van der Waals surface area contributed by atoms with Gasteiger partial charge in [0, 0.05) is 6.54 Å². The number of carbonyl (C=O) groups excluding carboxylic acids is 1. The molecule has 3 N–H and O–H groups in total. The van der Waals surface area contributed by atoms with E-state index in [0.29, 0.717) is 19.6 Å². The van der Waals surface area contributed by atoms with E-state index in [9.17, 15) is 4.79 Å². The summed E-state index contributed by atoms with van der Waals surface area (Å²) in [6.45, 7) is 7.10. The number of benzene rings is 1. The standard InChI is InChI=1S/C18H28N2O2.ClH/c1-13-10-14(2)15(3)16(11-13)22-9-6-17(21)20-18(12-19)7-4-5-8-18;/h10-11H,4-9,12,19H2,1-3H3,(H,20,21);1H. The van der Waals surface area contributed by atoms with Crippen LogP contribution in [-0.4, -0.2) is 24.6 Å². The van der Waals surface area contributed by atoms with Crippen LogP contribution in [0.1, 0.15) is 48.8 Å². The zero-order valence-corrected chi connectivity index (χ0v) is 15.2. The lowest BCUT2D eigenvalue weighted by atomic mass is 9.97. The molecule has 1 amide bonds. The molecule has 0 aliphatic heterocycles. The number of amides is 1. The number of rotatable bonds is 6. The molecule has 0 unspecified atom stereocenters. The fourth-order valence-electron chi connectivity index (χ4n) is 3.19. The topological polar surface area (TPSA) is 64.3 Å². The lowest BCUT2D eigenvalue weighted by Gasteiger charge is -2.28. The Morgan fingerprint density at radius 2 is 1.91 bits per heavy atom. The van der Waals surface area contributed by atoms with E-state index < -0.39 is 0 Å². The van der Waals surface area contributed by atoms with Gasteiger partial charge >= 0.3 is 0 Å². The molecule has 0 radical (unpaired) electrons. The van der Waals surface area contributed by atoms with Crippen LogP contribution in [0.3, 0.4) is 0 Å². The molecule has 1 aliphatic carbocycles. The van der Waals surface area contributed by atoms with Gasteiger partial charge in [-0.1, -0.05) is 18.9 Å². The number of hydrogen-bond acceptors (Lipinski definition) is 3. The summed E-state index contributed by atoms with van der Waals surface area (Å²) in [5.74, 6) is 0.911. The number of nitrogens with one attached hydrogen (secondary N) is 1. The van der Waals surface area contributed by atoms with Gasteiger partial charge in [0.1, 0.15) is 5.75 Å². The van der Waals surface area contributed by atoms with E-state index in [0.717, 1.165) is 37.0 Å². The number of aryl methyl sites for hydroxylation is 2. The molecular formula is C18H29ClN2O2. The lowest BCUT2D eigenvalue weighted by molar-refractivity contribution is -0.123. The van der Waals surface area contributed by atoms with Crippen LogP contribution in [0.15, 0.2) is 12.1 Å². The Morgan fingerprint density at radius 3 is 2.52 bits per heavy atom. The Morgan fingerprint density at radius 1 is 1.26 bits per heavy atom. The summed E-state index contributed by atoms with van der Waals surface area (Å²) in [6.07, 6.45) is 4.65. The highest BCUT2D eigenvalue weighted by Gasteiger charge is 2.33. The molecule has 0 atom stereocenters. The Labute approximate surface area is 145 Å². The molecule has 1 fully saturated rings. The minimum Gasteiger partial charge on any atom is -0.493 e. The number of carbonyl (C=O) groups is 1. The van der Waals surface area contributed by atoms with Gasteiger partial charge in [-0.2, -0.15) is 0 Å². The number of hydrogen-bond donors (Lipinski definition) is 2. The average Bonchev–Trinajstić information content (AvgIpc) is 2.93. The van der Waals surface area contributed by atoms with Crippen molar-refractivity contribution in [2.75, 3.05) is 13.2 Å². The molecule has 5 heteroatoms. The van der Waals surface area contributed by atoms with Crippen molar-refractivity contribution in [1.82, 2.24) is 5.32 Å². The number of nitrogens with two attached hydrogens (primary N) is 1. The molecule has 2 rings (SSSR count). The number of halogens is 1. The Balaban J connectivity index is 0.00000264. The van der Waals surface area contributed by atoms with Gasteiger partial charge < -0.3 is 15.8 Å². The predicted molar refractivity (Wildman–Crippen MR) is 96.4 cm³/mol. The second kappa shape index (κ2) is 8.55. The zero-order valence-electron chi connectivity index (χ0n) is 14.4. The first-order chi connectivity index (χ1) is 10.5. The van der Waals surface area contributed by atoms with Crippen molar-refractivity contribution in [3.05, 3.63) is 28.8 Å². The first kappa shape index (κ1) is 19.8. The van der Waals surface area contributed by atoms with Crippen molar-refractivity contribution < 1.29 is 9.53 Å². The third kappa shape index (κ3) is 5.11. The molecule has 1 aromatic carbocycles. The van der Waals surface area contributed by atoms with E-state index >= 15 is 0 Å². The summed E-state index contributed by atoms with van der Waals surface area (Å²) in [7, 11) is 0. The predicted octanol–water partition coefficient (Wildman–Crippen LogP) is 3.19. The highest BCUT2D eigenvalue weighted by molar-refractivity contribution is 5.85. The second-order valence-electron chi connectivity index (χ2n) is 6.54. The van der Waals surface area contributed by atoms with E-state index in [1.54, 1.807) is 0 Å². The summed E-state index contributed by atoms with van der Waals surface area (Å²) in [4.78, 5) is 12.1. The molecule has 1 aliphatic rings.